The molecule has 96 valence electrons. The lowest BCUT2D eigenvalue weighted by atomic mass is 9.82. The van der Waals surface area contributed by atoms with Crippen molar-refractivity contribution in [2.45, 2.75) is 44.3 Å². The molecule has 5 atom stereocenters. The maximum atomic E-state index is 10.6. The van der Waals surface area contributed by atoms with Crippen molar-refractivity contribution in [3.63, 3.8) is 0 Å². The number of hydrogen-bond donors (Lipinski definition) is 1. The molecule has 1 heterocycles. The number of ether oxygens (including phenoxy) is 1. The van der Waals surface area contributed by atoms with Gasteiger partial charge in [0.25, 0.3) is 0 Å². The SMILES string of the molecule is OC(C1Cc2ccccc2O1)C1CC2CCC1C2. The molecule has 2 saturated carbocycles. The van der Waals surface area contributed by atoms with E-state index in [2.05, 4.69) is 12.1 Å². The van der Waals surface area contributed by atoms with Crippen LogP contribution >= 0.6 is 0 Å². The molecular weight excluding hydrogens is 224 g/mol. The van der Waals surface area contributed by atoms with Crippen molar-refractivity contribution in [1.82, 2.24) is 0 Å². The second kappa shape index (κ2) is 3.99. The summed E-state index contributed by atoms with van der Waals surface area (Å²) >= 11 is 0. The molecule has 3 aliphatic rings. The minimum absolute atomic E-state index is 0.00764. The minimum Gasteiger partial charge on any atom is -0.487 e. The van der Waals surface area contributed by atoms with Crippen molar-refractivity contribution in [3.05, 3.63) is 29.8 Å². The number of aliphatic hydroxyl groups is 1. The topological polar surface area (TPSA) is 29.5 Å². The molecule has 0 saturated heterocycles. The van der Waals surface area contributed by atoms with E-state index in [1.54, 1.807) is 0 Å². The molecule has 1 aromatic carbocycles. The molecule has 4 rings (SSSR count). The Morgan fingerprint density at radius 3 is 2.78 bits per heavy atom. The van der Waals surface area contributed by atoms with Crippen LogP contribution in [0.1, 0.15) is 31.2 Å². The highest BCUT2D eigenvalue weighted by Gasteiger charge is 2.46. The molecule has 1 aromatic rings. The predicted molar refractivity (Wildman–Crippen MR) is 69.5 cm³/mol. The van der Waals surface area contributed by atoms with E-state index in [0.717, 1.165) is 24.0 Å². The van der Waals surface area contributed by atoms with Gasteiger partial charge in [-0.05, 0) is 48.6 Å². The summed E-state index contributed by atoms with van der Waals surface area (Å²) in [6.45, 7) is 0. The van der Waals surface area contributed by atoms with E-state index in [1.165, 1.54) is 31.2 Å². The van der Waals surface area contributed by atoms with Gasteiger partial charge in [0.2, 0.25) is 0 Å². The fourth-order valence-corrected chi connectivity index (χ4v) is 4.39. The van der Waals surface area contributed by atoms with Gasteiger partial charge in [-0.1, -0.05) is 24.6 Å². The molecule has 2 nitrogen and oxygen atoms in total. The lowest BCUT2D eigenvalue weighted by molar-refractivity contribution is -0.0101. The zero-order valence-corrected chi connectivity index (χ0v) is 10.6. The molecule has 2 fully saturated rings. The van der Waals surface area contributed by atoms with Gasteiger partial charge < -0.3 is 9.84 Å². The van der Waals surface area contributed by atoms with E-state index in [4.69, 9.17) is 4.74 Å². The van der Waals surface area contributed by atoms with E-state index >= 15 is 0 Å². The fourth-order valence-electron chi connectivity index (χ4n) is 4.39. The summed E-state index contributed by atoms with van der Waals surface area (Å²) in [5.41, 5.74) is 1.25. The highest BCUT2D eigenvalue weighted by atomic mass is 16.5. The molecule has 0 amide bonds. The number of para-hydroxylation sites is 1. The van der Waals surface area contributed by atoms with Gasteiger partial charge in [0.1, 0.15) is 11.9 Å². The van der Waals surface area contributed by atoms with Crippen LogP contribution in [0.5, 0.6) is 5.75 Å². The van der Waals surface area contributed by atoms with Gasteiger partial charge in [0.15, 0.2) is 0 Å². The maximum Gasteiger partial charge on any atom is 0.129 e. The molecule has 18 heavy (non-hydrogen) atoms. The lowest BCUT2D eigenvalue weighted by Crippen LogP contribution is -2.39. The number of fused-ring (bicyclic) bond motifs is 3. The van der Waals surface area contributed by atoms with Gasteiger partial charge in [-0.3, -0.25) is 0 Å². The van der Waals surface area contributed by atoms with Crippen molar-refractivity contribution in [2.24, 2.45) is 17.8 Å². The Labute approximate surface area is 108 Å². The van der Waals surface area contributed by atoms with E-state index in [0.29, 0.717) is 5.92 Å². The van der Waals surface area contributed by atoms with Crippen LogP contribution in [0, 0.1) is 17.8 Å². The molecule has 0 aromatic heterocycles. The highest BCUT2D eigenvalue weighted by Crippen LogP contribution is 2.50. The molecular formula is C16H20O2. The number of aliphatic hydroxyl groups excluding tert-OH is 1. The Bertz CT molecular complexity index is 431. The van der Waals surface area contributed by atoms with E-state index in [9.17, 15) is 5.11 Å². The van der Waals surface area contributed by atoms with Crippen molar-refractivity contribution in [3.8, 4) is 5.75 Å². The summed E-state index contributed by atoms with van der Waals surface area (Å²) in [7, 11) is 0. The van der Waals surface area contributed by atoms with Crippen LogP contribution in [0.15, 0.2) is 24.3 Å². The zero-order chi connectivity index (χ0) is 12.1. The smallest absolute Gasteiger partial charge is 0.129 e. The quantitative estimate of drug-likeness (QED) is 0.867. The van der Waals surface area contributed by atoms with Gasteiger partial charge in [-0.2, -0.15) is 0 Å². The molecule has 0 spiro atoms. The third-order valence-corrected chi connectivity index (χ3v) is 5.28. The molecule has 5 unspecified atom stereocenters. The molecule has 1 N–H and O–H groups in total. The van der Waals surface area contributed by atoms with Crippen LogP contribution in [0.3, 0.4) is 0 Å². The van der Waals surface area contributed by atoms with Gasteiger partial charge in [0, 0.05) is 6.42 Å². The minimum atomic E-state index is -0.271. The second-order valence-corrected chi connectivity index (χ2v) is 6.30. The highest BCUT2D eigenvalue weighted by molar-refractivity contribution is 5.37. The summed E-state index contributed by atoms with van der Waals surface area (Å²) in [4.78, 5) is 0. The summed E-state index contributed by atoms with van der Waals surface area (Å²) in [6, 6.07) is 8.19. The number of hydrogen-bond acceptors (Lipinski definition) is 2. The van der Waals surface area contributed by atoms with Crippen LogP contribution in [-0.2, 0) is 6.42 Å². The monoisotopic (exact) mass is 244 g/mol. The molecule has 2 aliphatic carbocycles. The van der Waals surface area contributed by atoms with Crippen LogP contribution in [0.25, 0.3) is 0 Å². The van der Waals surface area contributed by atoms with Crippen LogP contribution in [0.4, 0.5) is 0 Å². The van der Waals surface area contributed by atoms with E-state index < -0.39 is 0 Å². The summed E-state index contributed by atoms with van der Waals surface area (Å²) in [5.74, 6) is 3.11. The van der Waals surface area contributed by atoms with Crippen LogP contribution in [0.2, 0.25) is 0 Å². The Balaban J connectivity index is 1.49. The Kier molecular flexibility index (Phi) is 2.41. The third-order valence-electron chi connectivity index (χ3n) is 5.28. The summed E-state index contributed by atoms with van der Waals surface area (Å²) in [5, 5.41) is 10.6. The van der Waals surface area contributed by atoms with Crippen LogP contribution < -0.4 is 4.74 Å². The molecule has 2 heteroatoms. The summed E-state index contributed by atoms with van der Waals surface area (Å²) in [6.07, 6.45) is 5.89. The molecule has 0 radical (unpaired) electrons. The van der Waals surface area contributed by atoms with Crippen molar-refractivity contribution in [1.29, 1.82) is 0 Å². The van der Waals surface area contributed by atoms with Crippen molar-refractivity contribution >= 4 is 0 Å². The van der Waals surface area contributed by atoms with Gasteiger partial charge in [-0.25, -0.2) is 0 Å². The first-order valence-corrected chi connectivity index (χ1v) is 7.24. The third kappa shape index (κ3) is 1.58. The number of rotatable bonds is 2. The van der Waals surface area contributed by atoms with Gasteiger partial charge >= 0.3 is 0 Å². The number of benzene rings is 1. The first-order chi connectivity index (χ1) is 8.81. The Morgan fingerprint density at radius 2 is 2.06 bits per heavy atom. The average molecular weight is 244 g/mol. The molecule has 2 bridgehead atoms. The van der Waals surface area contributed by atoms with Crippen molar-refractivity contribution < 1.29 is 9.84 Å². The second-order valence-electron chi connectivity index (χ2n) is 6.30. The fraction of sp³-hybridized carbons (Fsp3) is 0.625. The average Bonchev–Trinajstić information content (AvgIpc) is 3.11. The lowest BCUT2D eigenvalue weighted by Gasteiger charge is -2.30. The predicted octanol–water partition coefficient (Wildman–Crippen LogP) is 2.79. The molecule has 1 aliphatic heterocycles. The van der Waals surface area contributed by atoms with Gasteiger partial charge in [0.05, 0.1) is 6.10 Å². The Morgan fingerprint density at radius 1 is 1.17 bits per heavy atom. The van der Waals surface area contributed by atoms with E-state index in [1.807, 2.05) is 12.1 Å². The standard InChI is InChI=1S/C16H20O2/c17-16(13-8-10-5-6-11(13)7-10)15-9-12-3-1-2-4-14(12)18-15/h1-4,10-11,13,15-17H,5-9H2. The zero-order valence-electron chi connectivity index (χ0n) is 10.6. The Hall–Kier alpha value is -1.02. The largest absolute Gasteiger partial charge is 0.487 e. The maximum absolute atomic E-state index is 10.6. The van der Waals surface area contributed by atoms with Crippen molar-refractivity contribution in [2.75, 3.05) is 0 Å². The summed E-state index contributed by atoms with van der Waals surface area (Å²) < 4.78 is 5.94. The van der Waals surface area contributed by atoms with Gasteiger partial charge in [-0.15, -0.1) is 0 Å². The van der Waals surface area contributed by atoms with Crippen LogP contribution in [-0.4, -0.2) is 17.3 Å². The van der Waals surface area contributed by atoms with E-state index in [-0.39, 0.29) is 12.2 Å². The first-order valence-electron chi connectivity index (χ1n) is 7.24. The normalized spacial score (nSPS) is 38.5. The first kappa shape index (κ1) is 10.9.